The van der Waals surface area contributed by atoms with Crippen LogP contribution >= 0.6 is 11.9 Å². The van der Waals surface area contributed by atoms with Crippen molar-refractivity contribution in [2.24, 2.45) is 0 Å². The van der Waals surface area contributed by atoms with Crippen LogP contribution in [0.25, 0.3) is 10.8 Å². The number of amides is 2. The minimum absolute atomic E-state index is 0.0432. The standard InChI is InChI=1S/C31H33N3O2S/c1-21-12-8-9-15-23(21)20-27(33-29(35)22-13-6-5-7-14-22)30(36)32-26-18-10-17-25-24(26)16-11-19-28(25)37-34-31(2,3)4/h5-19,27,34H,20H2,1-4H3,(H,32,36)(H,33,35)/t27-/m0/s1. The summed E-state index contributed by atoms with van der Waals surface area (Å²) in [6.07, 6.45) is 0.387. The van der Waals surface area contributed by atoms with Gasteiger partial charge in [0.15, 0.2) is 0 Å². The molecule has 190 valence electrons. The number of rotatable bonds is 8. The number of hydrogen-bond acceptors (Lipinski definition) is 4. The molecule has 5 nitrogen and oxygen atoms in total. The first-order valence-corrected chi connectivity index (χ1v) is 13.2. The summed E-state index contributed by atoms with van der Waals surface area (Å²) < 4.78 is 3.46. The van der Waals surface area contributed by atoms with Gasteiger partial charge in [-0.1, -0.05) is 66.7 Å². The molecule has 0 spiro atoms. The van der Waals surface area contributed by atoms with Gasteiger partial charge in [-0.25, -0.2) is 0 Å². The molecule has 0 radical (unpaired) electrons. The van der Waals surface area contributed by atoms with Crippen molar-refractivity contribution in [1.29, 1.82) is 0 Å². The molecule has 3 N–H and O–H groups in total. The maximum atomic E-state index is 13.6. The Morgan fingerprint density at radius 3 is 2.22 bits per heavy atom. The lowest BCUT2D eigenvalue weighted by molar-refractivity contribution is -0.118. The highest BCUT2D eigenvalue weighted by molar-refractivity contribution is 7.97. The van der Waals surface area contributed by atoms with Crippen LogP contribution < -0.4 is 15.4 Å². The number of hydrogen-bond donors (Lipinski definition) is 3. The molecular weight excluding hydrogens is 478 g/mol. The Bertz CT molecular complexity index is 1400. The predicted molar refractivity (Wildman–Crippen MR) is 154 cm³/mol. The minimum Gasteiger partial charge on any atom is -0.340 e. The van der Waals surface area contributed by atoms with E-state index in [-0.39, 0.29) is 17.4 Å². The zero-order chi connectivity index (χ0) is 26.4. The number of benzene rings is 4. The lowest BCUT2D eigenvalue weighted by Gasteiger charge is -2.21. The molecule has 0 heterocycles. The van der Waals surface area contributed by atoms with Crippen molar-refractivity contribution in [2.75, 3.05) is 5.32 Å². The maximum absolute atomic E-state index is 13.6. The van der Waals surface area contributed by atoms with Crippen LogP contribution in [0.3, 0.4) is 0 Å². The predicted octanol–water partition coefficient (Wildman–Crippen LogP) is 6.52. The average molecular weight is 512 g/mol. The summed E-state index contributed by atoms with van der Waals surface area (Å²) in [6.45, 7) is 8.37. The fourth-order valence-electron chi connectivity index (χ4n) is 4.01. The first-order valence-electron chi connectivity index (χ1n) is 12.4. The number of aryl methyl sites for hydroxylation is 1. The van der Waals surface area contributed by atoms with Crippen molar-refractivity contribution in [3.63, 3.8) is 0 Å². The second-order valence-corrected chi connectivity index (χ2v) is 11.0. The van der Waals surface area contributed by atoms with Gasteiger partial charge < -0.3 is 10.6 Å². The van der Waals surface area contributed by atoms with Crippen LogP contribution in [0.5, 0.6) is 0 Å². The number of fused-ring (bicyclic) bond motifs is 1. The Morgan fingerprint density at radius 1 is 0.811 bits per heavy atom. The van der Waals surface area contributed by atoms with Crippen molar-refractivity contribution in [3.8, 4) is 0 Å². The molecule has 4 rings (SSSR count). The van der Waals surface area contributed by atoms with E-state index >= 15 is 0 Å². The van der Waals surface area contributed by atoms with Crippen LogP contribution in [0.2, 0.25) is 0 Å². The zero-order valence-corrected chi connectivity index (χ0v) is 22.5. The summed E-state index contributed by atoms with van der Waals surface area (Å²) in [5, 5.41) is 8.05. The topological polar surface area (TPSA) is 70.2 Å². The van der Waals surface area contributed by atoms with E-state index in [1.165, 1.54) is 0 Å². The highest BCUT2D eigenvalue weighted by Gasteiger charge is 2.23. The van der Waals surface area contributed by atoms with Crippen molar-refractivity contribution in [3.05, 3.63) is 108 Å². The van der Waals surface area contributed by atoms with Gasteiger partial charge in [0.25, 0.3) is 5.91 Å². The molecular formula is C31H33N3O2S. The van der Waals surface area contributed by atoms with Crippen LogP contribution in [0.1, 0.15) is 42.3 Å². The first-order chi connectivity index (χ1) is 17.7. The molecule has 0 aliphatic rings. The third-order valence-electron chi connectivity index (χ3n) is 5.95. The molecule has 0 saturated heterocycles. The molecule has 1 atom stereocenters. The molecule has 0 fully saturated rings. The van der Waals surface area contributed by atoms with Gasteiger partial charge in [-0.15, -0.1) is 0 Å². The van der Waals surface area contributed by atoms with E-state index in [9.17, 15) is 9.59 Å². The van der Waals surface area contributed by atoms with Crippen molar-refractivity contribution in [2.45, 2.75) is 50.6 Å². The maximum Gasteiger partial charge on any atom is 0.251 e. The second-order valence-electron chi connectivity index (χ2n) is 10.1. The van der Waals surface area contributed by atoms with Gasteiger partial charge in [-0.05, 0) is 80.4 Å². The summed E-state index contributed by atoms with van der Waals surface area (Å²) in [7, 11) is 0. The smallest absolute Gasteiger partial charge is 0.251 e. The van der Waals surface area contributed by atoms with Crippen LogP contribution in [0, 0.1) is 6.92 Å². The molecule has 2 amide bonds. The SMILES string of the molecule is Cc1ccccc1C[C@H](NC(=O)c1ccccc1)C(=O)Nc1cccc2c(SNC(C)(C)C)cccc12. The van der Waals surface area contributed by atoms with Gasteiger partial charge in [0.05, 0.1) is 0 Å². The van der Waals surface area contributed by atoms with E-state index in [0.717, 1.165) is 26.8 Å². The molecule has 0 aliphatic carbocycles. The largest absolute Gasteiger partial charge is 0.340 e. The molecule has 0 saturated carbocycles. The van der Waals surface area contributed by atoms with E-state index in [1.807, 2.05) is 73.7 Å². The number of nitrogens with one attached hydrogen (secondary N) is 3. The van der Waals surface area contributed by atoms with Crippen LogP contribution in [-0.2, 0) is 11.2 Å². The van der Waals surface area contributed by atoms with Crippen molar-refractivity contribution in [1.82, 2.24) is 10.0 Å². The lowest BCUT2D eigenvalue weighted by Crippen LogP contribution is -2.45. The summed E-state index contributed by atoms with van der Waals surface area (Å²) >= 11 is 1.58. The molecule has 37 heavy (non-hydrogen) atoms. The average Bonchev–Trinajstić information content (AvgIpc) is 2.88. The third kappa shape index (κ3) is 7.00. The fraction of sp³-hybridized carbons (Fsp3) is 0.226. The monoisotopic (exact) mass is 511 g/mol. The Kier molecular flexibility index (Phi) is 8.31. The van der Waals surface area contributed by atoms with Crippen molar-refractivity contribution >= 4 is 40.2 Å². The number of carbonyl (C=O) groups is 2. The van der Waals surface area contributed by atoms with Gasteiger partial charge in [0, 0.05) is 33.5 Å². The summed E-state index contributed by atoms with van der Waals surface area (Å²) in [5.41, 5.74) is 3.28. The normalized spacial score (nSPS) is 12.2. The summed E-state index contributed by atoms with van der Waals surface area (Å²) in [5.74, 6) is -0.537. The quantitative estimate of drug-likeness (QED) is 0.236. The van der Waals surface area contributed by atoms with Gasteiger partial charge in [-0.3, -0.25) is 14.3 Å². The van der Waals surface area contributed by atoms with Gasteiger partial charge in [0.1, 0.15) is 6.04 Å². The highest BCUT2D eigenvalue weighted by Crippen LogP contribution is 2.32. The first kappa shape index (κ1) is 26.5. The Balaban J connectivity index is 1.61. The number of anilines is 1. The lowest BCUT2D eigenvalue weighted by atomic mass is 10.00. The van der Waals surface area contributed by atoms with E-state index in [0.29, 0.717) is 17.7 Å². The van der Waals surface area contributed by atoms with E-state index in [4.69, 9.17) is 0 Å². The van der Waals surface area contributed by atoms with Crippen LogP contribution in [-0.4, -0.2) is 23.4 Å². The number of carbonyl (C=O) groups excluding carboxylic acids is 2. The molecule has 0 unspecified atom stereocenters. The molecule has 0 aliphatic heterocycles. The summed E-state index contributed by atoms with van der Waals surface area (Å²) in [4.78, 5) is 27.7. The molecule has 4 aromatic rings. The van der Waals surface area contributed by atoms with Crippen molar-refractivity contribution < 1.29 is 9.59 Å². The van der Waals surface area contributed by atoms with E-state index in [1.54, 1.807) is 24.1 Å². The molecule has 0 bridgehead atoms. The third-order valence-corrected chi connectivity index (χ3v) is 7.24. The zero-order valence-electron chi connectivity index (χ0n) is 21.7. The highest BCUT2D eigenvalue weighted by atomic mass is 32.2. The van der Waals surface area contributed by atoms with Gasteiger partial charge in [-0.2, -0.15) is 0 Å². The summed E-state index contributed by atoms with van der Waals surface area (Å²) in [6, 6.07) is 28.1. The van der Waals surface area contributed by atoms with Gasteiger partial charge >= 0.3 is 0 Å². The van der Waals surface area contributed by atoms with Crippen LogP contribution in [0.4, 0.5) is 5.69 Å². The Hall–Kier alpha value is -3.61. The molecule has 6 heteroatoms. The molecule has 4 aromatic carbocycles. The minimum atomic E-state index is -0.746. The molecule has 0 aromatic heterocycles. The van der Waals surface area contributed by atoms with E-state index < -0.39 is 6.04 Å². The Morgan fingerprint density at radius 2 is 1.49 bits per heavy atom. The van der Waals surface area contributed by atoms with E-state index in [2.05, 4.69) is 48.3 Å². The second kappa shape index (κ2) is 11.6. The van der Waals surface area contributed by atoms with Crippen LogP contribution in [0.15, 0.2) is 95.9 Å². The Labute approximate surface area is 223 Å². The van der Waals surface area contributed by atoms with Gasteiger partial charge in [0.2, 0.25) is 5.91 Å². The fourth-order valence-corrected chi connectivity index (χ4v) is 4.86.